The van der Waals surface area contributed by atoms with Crippen LogP contribution in [0.4, 0.5) is 4.39 Å². The van der Waals surface area contributed by atoms with Crippen LogP contribution in [0.15, 0.2) is 0 Å². The standard InChI is InChI=1S/C9H18FN/c1-6-4-5-9(3,11)7(2)8(6)10/h6-8H,4-5,11H2,1-3H3/t6?,7?,8?,9-/m1/s1. The Labute approximate surface area is 68.2 Å². The summed E-state index contributed by atoms with van der Waals surface area (Å²) in [4.78, 5) is 0. The highest BCUT2D eigenvalue weighted by atomic mass is 19.1. The first-order chi connectivity index (χ1) is 4.95. The molecule has 0 spiro atoms. The molecule has 0 radical (unpaired) electrons. The predicted molar refractivity (Wildman–Crippen MR) is 45.1 cm³/mol. The van der Waals surface area contributed by atoms with Gasteiger partial charge in [0.1, 0.15) is 6.17 Å². The molecule has 0 bridgehead atoms. The third-order valence-electron chi connectivity index (χ3n) is 3.20. The molecule has 1 fully saturated rings. The number of nitrogens with two attached hydrogens (primary N) is 1. The zero-order chi connectivity index (χ0) is 8.65. The van der Waals surface area contributed by atoms with Crippen molar-refractivity contribution in [3.05, 3.63) is 0 Å². The van der Waals surface area contributed by atoms with Crippen molar-refractivity contribution in [1.29, 1.82) is 0 Å². The van der Waals surface area contributed by atoms with Crippen LogP contribution in [0.3, 0.4) is 0 Å². The van der Waals surface area contributed by atoms with Gasteiger partial charge in [-0.3, -0.25) is 0 Å². The van der Waals surface area contributed by atoms with Gasteiger partial charge in [-0.2, -0.15) is 0 Å². The molecule has 0 saturated heterocycles. The van der Waals surface area contributed by atoms with Crippen molar-refractivity contribution >= 4 is 0 Å². The van der Waals surface area contributed by atoms with Crippen LogP contribution in [0, 0.1) is 11.8 Å². The van der Waals surface area contributed by atoms with Crippen LogP contribution < -0.4 is 5.73 Å². The van der Waals surface area contributed by atoms with E-state index in [1.807, 2.05) is 20.8 Å². The Kier molecular flexibility index (Phi) is 2.24. The van der Waals surface area contributed by atoms with Gasteiger partial charge in [0.2, 0.25) is 0 Å². The van der Waals surface area contributed by atoms with Crippen molar-refractivity contribution in [3.8, 4) is 0 Å². The Morgan fingerprint density at radius 3 is 2.45 bits per heavy atom. The third kappa shape index (κ3) is 1.56. The van der Waals surface area contributed by atoms with Crippen molar-refractivity contribution in [2.24, 2.45) is 17.6 Å². The summed E-state index contributed by atoms with van der Waals surface area (Å²) in [6.07, 6.45) is 1.17. The van der Waals surface area contributed by atoms with Crippen LogP contribution in [-0.2, 0) is 0 Å². The third-order valence-corrected chi connectivity index (χ3v) is 3.20. The lowest BCUT2D eigenvalue weighted by Crippen LogP contribution is -2.51. The van der Waals surface area contributed by atoms with Crippen molar-refractivity contribution in [1.82, 2.24) is 0 Å². The summed E-state index contributed by atoms with van der Waals surface area (Å²) in [5.74, 6) is 0.202. The number of rotatable bonds is 0. The number of alkyl halides is 1. The summed E-state index contributed by atoms with van der Waals surface area (Å²) in [6, 6.07) is 0. The molecule has 0 aromatic rings. The molecule has 1 aliphatic carbocycles. The zero-order valence-electron chi connectivity index (χ0n) is 7.60. The second-order valence-electron chi connectivity index (χ2n) is 4.25. The smallest absolute Gasteiger partial charge is 0.107 e. The van der Waals surface area contributed by atoms with Crippen molar-refractivity contribution in [3.63, 3.8) is 0 Å². The highest BCUT2D eigenvalue weighted by molar-refractivity contribution is 4.95. The zero-order valence-corrected chi connectivity index (χ0v) is 7.60. The van der Waals surface area contributed by atoms with Crippen LogP contribution in [-0.4, -0.2) is 11.7 Å². The fourth-order valence-electron chi connectivity index (χ4n) is 1.78. The fourth-order valence-corrected chi connectivity index (χ4v) is 1.78. The van der Waals surface area contributed by atoms with Crippen molar-refractivity contribution in [2.75, 3.05) is 0 Å². The van der Waals surface area contributed by atoms with E-state index in [4.69, 9.17) is 5.73 Å². The molecule has 3 unspecified atom stereocenters. The van der Waals surface area contributed by atoms with Crippen LogP contribution in [0.2, 0.25) is 0 Å². The van der Waals surface area contributed by atoms with Gasteiger partial charge in [0.05, 0.1) is 0 Å². The molecule has 66 valence electrons. The summed E-state index contributed by atoms with van der Waals surface area (Å²) in [6.45, 7) is 5.84. The van der Waals surface area contributed by atoms with Crippen LogP contribution >= 0.6 is 0 Å². The average Bonchev–Trinajstić information content (AvgIpc) is 1.95. The maximum Gasteiger partial charge on any atom is 0.107 e. The van der Waals surface area contributed by atoms with Gasteiger partial charge in [-0.1, -0.05) is 13.8 Å². The topological polar surface area (TPSA) is 26.0 Å². The molecule has 0 aliphatic heterocycles. The molecule has 2 heteroatoms. The van der Waals surface area contributed by atoms with Crippen LogP contribution in [0.1, 0.15) is 33.6 Å². The summed E-state index contributed by atoms with van der Waals surface area (Å²) >= 11 is 0. The van der Waals surface area contributed by atoms with Gasteiger partial charge >= 0.3 is 0 Å². The van der Waals surface area contributed by atoms with E-state index in [0.29, 0.717) is 0 Å². The van der Waals surface area contributed by atoms with Gasteiger partial charge in [0.25, 0.3) is 0 Å². The normalized spacial score (nSPS) is 52.6. The summed E-state index contributed by atoms with van der Waals surface area (Å²) in [7, 11) is 0. The van der Waals surface area contributed by atoms with E-state index >= 15 is 0 Å². The molecule has 0 aromatic carbocycles. The van der Waals surface area contributed by atoms with Gasteiger partial charge in [-0.25, -0.2) is 4.39 Å². The van der Waals surface area contributed by atoms with Gasteiger partial charge < -0.3 is 5.73 Å². The van der Waals surface area contributed by atoms with Gasteiger partial charge in [0.15, 0.2) is 0 Å². The highest BCUT2D eigenvalue weighted by Gasteiger charge is 2.40. The van der Waals surface area contributed by atoms with Crippen molar-refractivity contribution in [2.45, 2.75) is 45.3 Å². The Bertz CT molecular complexity index is 144. The molecule has 1 saturated carbocycles. The fraction of sp³-hybridized carbons (Fsp3) is 1.00. The lowest BCUT2D eigenvalue weighted by molar-refractivity contribution is 0.0600. The number of hydrogen-bond donors (Lipinski definition) is 1. The number of halogens is 1. The molecule has 1 nitrogen and oxygen atoms in total. The highest BCUT2D eigenvalue weighted by Crippen LogP contribution is 2.36. The maximum atomic E-state index is 13.4. The largest absolute Gasteiger partial charge is 0.325 e. The predicted octanol–water partition coefficient (Wildman–Crippen LogP) is 2.11. The molecule has 11 heavy (non-hydrogen) atoms. The quantitative estimate of drug-likeness (QED) is 0.575. The van der Waals surface area contributed by atoms with E-state index in [9.17, 15) is 4.39 Å². The summed E-state index contributed by atoms with van der Waals surface area (Å²) in [5, 5.41) is 0. The molecule has 0 heterocycles. The van der Waals surface area contributed by atoms with Gasteiger partial charge in [-0.15, -0.1) is 0 Å². The molecule has 0 amide bonds. The lowest BCUT2D eigenvalue weighted by Gasteiger charge is -2.41. The molecular formula is C9H18FN. The van der Waals surface area contributed by atoms with E-state index in [0.717, 1.165) is 12.8 Å². The van der Waals surface area contributed by atoms with Gasteiger partial charge in [0, 0.05) is 11.5 Å². The Balaban J connectivity index is 2.67. The second kappa shape index (κ2) is 2.74. The Morgan fingerprint density at radius 2 is 2.00 bits per heavy atom. The second-order valence-corrected chi connectivity index (χ2v) is 4.25. The van der Waals surface area contributed by atoms with E-state index < -0.39 is 6.17 Å². The minimum absolute atomic E-state index is 0.00579. The van der Waals surface area contributed by atoms with E-state index in [2.05, 4.69) is 0 Å². The molecule has 1 aliphatic rings. The lowest BCUT2D eigenvalue weighted by atomic mass is 9.70. The van der Waals surface area contributed by atoms with E-state index in [-0.39, 0.29) is 17.4 Å². The molecular weight excluding hydrogens is 141 g/mol. The van der Waals surface area contributed by atoms with Crippen LogP contribution in [0.5, 0.6) is 0 Å². The average molecular weight is 159 g/mol. The van der Waals surface area contributed by atoms with Crippen molar-refractivity contribution < 1.29 is 4.39 Å². The molecule has 2 N–H and O–H groups in total. The molecule has 4 atom stereocenters. The van der Waals surface area contributed by atoms with Crippen LogP contribution in [0.25, 0.3) is 0 Å². The Hall–Kier alpha value is -0.110. The summed E-state index contributed by atoms with van der Waals surface area (Å²) in [5.41, 5.74) is 5.65. The van der Waals surface area contributed by atoms with Gasteiger partial charge in [-0.05, 0) is 25.7 Å². The first kappa shape index (κ1) is 8.98. The maximum absolute atomic E-state index is 13.4. The molecule has 1 rings (SSSR count). The summed E-state index contributed by atoms with van der Waals surface area (Å²) < 4.78 is 13.4. The monoisotopic (exact) mass is 159 g/mol. The minimum Gasteiger partial charge on any atom is -0.325 e. The van der Waals surface area contributed by atoms with E-state index in [1.54, 1.807) is 0 Å². The minimum atomic E-state index is -0.709. The Morgan fingerprint density at radius 1 is 1.45 bits per heavy atom. The SMILES string of the molecule is CC1CC[C@@](C)(N)C(C)C1F. The number of hydrogen-bond acceptors (Lipinski definition) is 1. The first-order valence-corrected chi connectivity index (χ1v) is 4.38. The van der Waals surface area contributed by atoms with E-state index in [1.165, 1.54) is 0 Å². The first-order valence-electron chi connectivity index (χ1n) is 4.38. The molecule has 0 aromatic heterocycles.